The SMILES string of the molecule is CNc1ncc2cc(-c3cccc(NC(=O)Nc4cnc(C(C)(C)C)nc4N4CCOCC4)c3)c(=O)n(C)c2n1. The fourth-order valence-electron chi connectivity index (χ4n) is 4.46. The number of aromatic nitrogens is 5. The lowest BCUT2D eigenvalue weighted by molar-refractivity contribution is 0.122. The second-order valence-electron chi connectivity index (χ2n) is 10.6. The Morgan fingerprint density at radius 2 is 1.80 bits per heavy atom. The van der Waals surface area contributed by atoms with Gasteiger partial charge in [-0.25, -0.2) is 19.7 Å². The molecule has 0 spiro atoms. The number of anilines is 4. The number of benzene rings is 1. The van der Waals surface area contributed by atoms with Crippen LogP contribution in [0.25, 0.3) is 22.2 Å². The van der Waals surface area contributed by atoms with Crippen LogP contribution in [0.3, 0.4) is 0 Å². The highest BCUT2D eigenvalue weighted by atomic mass is 16.5. The molecule has 3 aromatic heterocycles. The molecule has 0 bridgehead atoms. The molecule has 208 valence electrons. The van der Waals surface area contributed by atoms with Crippen molar-refractivity contribution in [2.75, 3.05) is 54.2 Å². The average molecular weight is 544 g/mol. The van der Waals surface area contributed by atoms with E-state index < -0.39 is 6.03 Å². The van der Waals surface area contributed by atoms with Gasteiger partial charge in [0.25, 0.3) is 5.56 Å². The molecule has 0 aliphatic carbocycles. The van der Waals surface area contributed by atoms with Crippen molar-refractivity contribution in [1.82, 2.24) is 24.5 Å². The van der Waals surface area contributed by atoms with Gasteiger partial charge in [0, 0.05) is 55.4 Å². The molecule has 1 fully saturated rings. The summed E-state index contributed by atoms with van der Waals surface area (Å²) >= 11 is 0. The lowest BCUT2D eigenvalue weighted by Crippen LogP contribution is -2.38. The minimum Gasteiger partial charge on any atom is -0.378 e. The van der Waals surface area contributed by atoms with E-state index in [0.29, 0.717) is 72.0 Å². The van der Waals surface area contributed by atoms with E-state index >= 15 is 0 Å². The van der Waals surface area contributed by atoms with Crippen LogP contribution < -0.4 is 26.4 Å². The zero-order chi connectivity index (χ0) is 28.4. The molecule has 12 heteroatoms. The summed E-state index contributed by atoms with van der Waals surface area (Å²) in [6, 6.07) is 8.45. The molecule has 3 N–H and O–H groups in total. The van der Waals surface area contributed by atoms with Crippen LogP contribution in [0.1, 0.15) is 26.6 Å². The normalized spacial score (nSPS) is 13.8. The molecule has 0 unspecified atom stereocenters. The summed E-state index contributed by atoms with van der Waals surface area (Å²) in [6.07, 6.45) is 3.32. The maximum absolute atomic E-state index is 13.2. The summed E-state index contributed by atoms with van der Waals surface area (Å²) in [5.74, 6) is 1.79. The van der Waals surface area contributed by atoms with Crippen LogP contribution in [0.15, 0.2) is 47.5 Å². The number of rotatable bonds is 5. The number of carbonyl (C=O) groups is 1. The van der Waals surface area contributed by atoms with Gasteiger partial charge in [-0.2, -0.15) is 4.98 Å². The fourth-order valence-corrected chi connectivity index (χ4v) is 4.46. The summed E-state index contributed by atoms with van der Waals surface area (Å²) in [6.45, 7) is 8.66. The Labute approximate surface area is 231 Å². The second-order valence-corrected chi connectivity index (χ2v) is 10.6. The van der Waals surface area contributed by atoms with Gasteiger partial charge in [0.2, 0.25) is 5.95 Å². The molecule has 2 amide bonds. The second kappa shape index (κ2) is 10.9. The minimum absolute atomic E-state index is 0.207. The lowest BCUT2D eigenvalue weighted by Gasteiger charge is -2.30. The van der Waals surface area contributed by atoms with Gasteiger partial charge in [0.05, 0.1) is 19.4 Å². The van der Waals surface area contributed by atoms with Gasteiger partial charge in [-0.05, 0) is 23.8 Å². The fraction of sp³-hybridized carbons (Fsp3) is 0.357. The maximum Gasteiger partial charge on any atom is 0.323 e. The topological polar surface area (TPSA) is 139 Å². The number of urea groups is 1. The van der Waals surface area contributed by atoms with E-state index in [1.54, 1.807) is 50.8 Å². The number of hydrogen-bond acceptors (Lipinski definition) is 9. The predicted octanol–water partition coefficient (Wildman–Crippen LogP) is 3.61. The largest absolute Gasteiger partial charge is 0.378 e. The number of aryl methyl sites for hydroxylation is 1. The Morgan fingerprint density at radius 3 is 2.52 bits per heavy atom. The molecule has 4 heterocycles. The summed E-state index contributed by atoms with van der Waals surface area (Å²) in [4.78, 5) is 46.4. The molecule has 1 aliphatic heterocycles. The van der Waals surface area contributed by atoms with Crippen molar-refractivity contribution in [3.8, 4) is 11.1 Å². The third kappa shape index (κ3) is 5.57. The highest BCUT2D eigenvalue weighted by Gasteiger charge is 2.24. The third-order valence-electron chi connectivity index (χ3n) is 6.60. The molecule has 1 aliphatic rings. The number of ether oxygens (including phenoxy) is 1. The zero-order valence-electron chi connectivity index (χ0n) is 23.3. The highest BCUT2D eigenvalue weighted by molar-refractivity contribution is 6.01. The van der Waals surface area contributed by atoms with Crippen molar-refractivity contribution < 1.29 is 9.53 Å². The van der Waals surface area contributed by atoms with E-state index in [1.165, 1.54) is 4.57 Å². The number of hydrogen-bond donors (Lipinski definition) is 3. The van der Waals surface area contributed by atoms with Crippen LogP contribution in [-0.4, -0.2) is 63.9 Å². The van der Waals surface area contributed by atoms with Crippen LogP contribution in [0, 0.1) is 0 Å². The van der Waals surface area contributed by atoms with E-state index in [1.807, 2.05) is 26.8 Å². The van der Waals surface area contributed by atoms with Crippen molar-refractivity contribution in [2.24, 2.45) is 7.05 Å². The van der Waals surface area contributed by atoms with E-state index in [2.05, 4.69) is 35.8 Å². The van der Waals surface area contributed by atoms with Gasteiger partial charge in [-0.3, -0.25) is 9.36 Å². The first kappa shape index (κ1) is 27.0. The van der Waals surface area contributed by atoms with Crippen LogP contribution in [0.5, 0.6) is 0 Å². The van der Waals surface area contributed by atoms with Gasteiger partial charge in [-0.15, -0.1) is 0 Å². The van der Waals surface area contributed by atoms with Gasteiger partial charge >= 0.3 is 6.03 Å². The number of nitrogens with one attached hydrogen (secondary N) is 3. The van der Waals surface area contributed by atoms with Crippen molar-refractivity contribution in [3.05, 3.63) is 58.9 Å². The summed E-state index contributed by atoms with van der Waals surface area (Å²) in [5, 5.41) is 9.39. The molecular formula is C28H33N9O3. The number of pyridine rings is 1. The van der Waals surface area contributed by atoms with Crippen LogP contribution in [0.2, 0.25) is 0 Å². The molecule has 4 aromatic rings. The van der Waals surface area contributed by atoms with Gasteiger partial charge in [0.15, 0.2) is 5.82 Å². The molecule has 1 saturated heterocycles. The maximum atomic E-state index is 13.2. The monoisotopic (exact) mass is 543 g/mol. The Hall–Kier alpha value is -4.58. The van der Waals surface area contributed by atoms with Crippen LogP contribution >= 0.6 is 0 Å². The summed E-state index contributed by atoms with van der Waals surface area (Å²) in [7, 11) is 3.40. The Morgan fingerprint density at radius 1 is 1.02 bits per heavy atom. The van der Waals surface area contributed by atoms with Crippen molar-refractivity contribution in [3.63, 3.8) is 0 Å². The molecule has 12 nitrogen and oxygen atoms in total. The van der Waals surface area contributed by atoms with E-state index in [-0.39, 0.29) is 11.0 Å². The predicted molar refractivity (Wildman–Crippen MR) is 156 cm³/mol. The molecule has 0 radical (unpaired) electrons. The van der Waals surface area contributed by atoms with E-state index in [4.69, 9.17) is 9.72 Å². The third-order valence-corrected chi connectivity index (χ3v) is 6.60. The van der Waals surface area contributed by atoms with Gasteiger partial charge in [0.1, 0.15) is 17.2 Å². The Bertz CT molecular complexity index is 1620. The number of nitrogens with zero attached hydrogens (tertiary/aromatic N) is 6. The van der Waals surface area contributed by atoms with Gasteiger partial charge in [-0.1, -0.05) is 32.9 Å². The number of amides is 2. The van der Waals surface area contributed by atoms with Crippen molar-refractivity contribution in [2.45, 2.75) is 26.2 Å². The molecule has 0 saturated carbocycles. The zero-order valence-corrected chi connectivity index (χ0v) is 23.3. The first-order chi connectivity index (χ1) is 19.1. The average Bonchev–Trinajstić information content (AvgIpc) is 2.95. The molecule has 0 atom stereocenters. The summed E-state index contributed by atoms with van der Waals surface area (Å²) in [5.41, 5.74) is 2.24. The van der Waals surface area contributed by atoms with Crippen LogP contribution in [0.4, 0.5) is 27.9 Å². The molecule has 5 rings (SSSR count). The molecule has 1 aromatic carbocycles. The summed E-state index contributed by atoms with van der Waals surface area (Å²) < 4.78 is 6.99. The first-order valence-electron chi connectivity index (χ1n) is 13.1. The van der Waals surface area contributed by atoms with E-state index in [9.17, 15) is 9.59 Å². The molecular weight excluding hydrogens is 510 g/mol. The van der Waals surface area contributed by atoms with Crippen LogP contribution in [-0.2, 0) is 17.2 Å². The Balaban J connectivity index is 1.40. The lowest BCUT2D eigenvalue weighted by atomic mass is 9.96. The van der Waals surface area contributed by atoms with Crippen molar-refractivity contribution in [1.29, 1.82) is 0 Å². The number of fused-ring (bicyclic) bond motifs is 1. The standard InChI is InChI=1S/C28H33N9O3/c1-28(2,3)25-30-16-21(23(34-25)37-9-11-40-12-10-37)33-27(39)32-19-8-6-7-17(13-19)20-14-18-15-31-26(29-4)35-22(18)36(5)24(20)38/h6-8,13-16H,9-12H2,1-5H3,(H,29,31,35)(H2,32,33,39). The number of carbonyl (C=O) groups excluding carboxylic acids is 1. The minimum atomic E-state index is -0.446. The molecule has 40 heavy (non-hydrogen) atoms. The smallest absolute Gasteiger partial charge is 0.323 e. The Kier molecular flexibility index (Phi) is 7.35. The first-order valence-corrected chi connectivity index (χ1v) is 13.1. The van der Waals surface area contributed by atoms with Gasteiger partial charge < -0.3 is 25.6 Å². The highest BCUT2D eigenvalue weighted by Crippen LogP contribution is 2.28. The quantitative estimate of drug-likeness (QED) is 0.344. The van der Waals surface area contributed by atoms with E-state index in [0.717, 1.165) is 5.39 Å². The number of morpholine rings is 1. The van der Waals surface area contributed by atoms with Crippen molar-refractivity contribution >= 4 is 40.2 Å².